The molecule has 16 heavy (non-hydrogen) atoms. The lowest BCUT2D eigenvalue weighted by Crippen LogP contribution is -2.14. The molecule has 0 aliphatic carbocycles. The summed E-state index contributed by atoms with van der Waals surface area (Å²) >= 11 is 0. The summed E-state index contributed by atoms with van der Waals surface area (Å²) in [7, 11) is 0. The Morgan fingerprint density at radius 1 is 1.19 bits per heavy atom. The number of hydrogen-bond donors (Lipinski definition) is 1. The number of nitrogens with one attached hydrogen (secondary N) is 1. The summed E-state index contributed by atoms with van der Waals surface area (Å²) in [6.07, 6.45) is 2.12. The Bertz CT molecular complexity index is 459. The summed E-state index contributed by atoms with van der Waals surface area (Å²) in [5.74, 6) is 1.12. The Morgan fingerprint density at radius 3 is 2.75 bits per heavy atom. The van der Waals surface area contributed by atoms with Crippen molar-refractivity contribution in [3.8, 4) is 0 Å². The van der Waals surface area contributed by atoms with Gasteiger partial charge in [0, 0.05) is 23.9 Å². The Labute approximate surface area is 96.6 Å². The minimum atomic E-state index is 0.911. The first kappa shape index (κ1) is 11.2. The molecule has 0 unspecified atom stereocenters. The Hall–Kier alpha value is -1.28. The lowest BCUT2D eigenvalue weighted by atomic mass is 10.1. The molecule has 0 saturated heterocycles. The first-order chi connectivity index (χ1) is 7.86. The molecule has 0 aliphatic rings. The van der Waals surface area contributed by atoms with E-state index in [0.29, 0.717) is 0 Å². The molecule has 0 radical (unpaired) electrons. The molecule has 1 heterocycles. The first-order valence-electron chi connectivity index (χ1n) is 6.06. The highest BCUT2D eigenvalue weighted by atomic mass is 16.3. The van der Waals surface area contributed by atoms with Gasteiger partial charge in [0.15, 0.2) is 0 Å². The van der Waals surface area contributed by atoms with Crippen molar-refractivity contribution < 1.29 is 4.42 Å². The van der Waals surface area contributed by atoms with Gasteiger partial charge in [0.05, 0.1) is 0 Å². The summed E-state index contributed by atoms with van der Waals surface area (Å²) in [6.45, 7) is 6.29. The maximum Gasteiger partial charge on any atom is 0.134 e. The standard InChI is InChI=1S/C14H19NO/c1-3-9-15-10-12-11-7-5-6-8-14(11)16-13(12)4-2/h5-8,15H,3-4,9-10H2,1-2H3. The number of aryl methyl sites for hydroxylation is 1. The van der Waals surface area contributed by atoms with Gasteiger partial charge in [-0.3, -0.25) is 0 Å². The number of furan rings is 1. The molecule has 2 aromatic rings. The maximum atomic E-state index is 5.84. The van der Waals surface area contributed by atoms with Gasteiger partial charge in [-0.05, 0) is 19.0 Å². The SMILES string of the molecule is CCCNCc1c(CC)oc2ccccc12. The highest BCUT2D eigenvalue weighted by molar-refractivity contribution is 5.82. The largest absolute Gasteiger partial charge is 0.461 e. The first-order valence-corrected chi connectivity index (χ1v) is 6.06. The predicted octanol–water partition coefficient (Wildman–Crippen LogP) is 3.49. The van der Waals surface area contributed by atoms with E-state index in [1.165, 1.54) is 10.9 Å². The van der Waals surface area contributed by atoms with Crippen molar-refractivity contribution in [2.45, 2.75) is 33.2 Å². The third kappa shape index (κ3) is 2.12. The minimum Gasteiger partial charge on any atom is -0.461 e. The van der Waals surface area contributed by atoms with Gasteiger partial charge in [-0.25, -0.2) is 0 Å². The monoisotopic (exact) mass is 217 g/mol. The van der Waals surface area contributed by atoms with Crippen LogP contribution in [0.3, 0.4) is 0 Å². The van der Waals surface area contributed by atoms with Crippen molar-refractivity contribution in [2.75, 3.05) is 6.54 Å². The van der Waals surface area contributed by atoms with Crippen LogP contribution in [0.4, 0.5) is 0 Å². The van der Waals surface area contributed by atoms with Crippen LogP contribution in [0, 0.1) is 0 Å². The number of para-hydroxylation sites is 1. The third-order valence-electron chi connectivity index (χ3n) is 2.83. The van der Waals surface area contributed by atoms with Crippen LogP contribution in [0.2, 0.25) is 0 Å². The smallest absolute Gasteiger partial charge is 0.134 e. The fourth-order valence-corrected chi connectivity index (χ4v) is 2.02. The summed E-state index contributed by atoms with van der Waals surface area (Å²) in [4.78, 5) is 0. The van der Waals surface area contributed by atoms with E-state index in [1.807, 2.05) is 12.1 Å². The van der Waals surface area contributed by atoms with Crippen molar-refractivity contribution >= 4 is 11.0 Å². The lowest BCUT2D eigenvalue weighted by molar-refractivity contribution is 0.544. The molecule has 0 saturated carbocycles. The second kappa shape index (κ2) is 5.17. The Morgan fingerprint density at radius 2 is 2.00 bits per heavy atom. The van der Waals surface area contributed by atoms with Gasteiger partial charge in [-0.2, -0.15) is 0 Å². The summed E-state index contributed by atoms with van der Waals surface area (Å²) in [5, 5.41) is 4.70. The summed E-state index contributed by atoms with van der Waals surface area (Å²) in [6, 6.07) is 8.27. The number of fused-ring (bicyclic) bond motifs is 1. The van der Waals surface area contributed by atoms with Crippen LogP contribution in [0.25, 0.3) is 11.0 Å². The molecule has 0 atom stereocenters. The third-order valence-corrected chi connectivity index (χ3v) is 2.83. The van der Waals surface area contributed by atoms with Crippen LogP contribution >= 0.6 is 0 Å². The molecule has 86 valence electrons. The van der Waals surface area contributed by atoms with Crippen molar-refractivity contribution in [1.82, 2.24) is 5.32 Å². The lowest BCUT2D eigenvalue weighted by Gasteiger charge is -2.03. The van der Waals surface area contributed by atoms with Gasteiger partial charge < -0.3 is 9.73 Å². The van der Waals surface area contributed by atoms with Crippen LogP contribution < -0.4 is 5.32 Å². The highest BCUT2D eigenvalue weighted by Gasteiger charge is 2.11. The molecule has 0 fully saturated rings. The molecule has 0 spiro atoms. The number of rotatable bonds is 5. The van der Waals surface area contributed by atoms with Gasteiger partial charge in [0.25, 0.3) is 0 Å². The molecule has 1 N–H and O–H groups in total. The molecule has 1 aromatic carbocycles. The molecule has 1 aromatic heterocycles. The normalized spacial score (nSPS) is 11.1. The summed E-state index contributed by atoms with van der Waals surface area (Å²) in [5.41, 5.74) is 2.33. The molecule has 2 rings (SSSR count). The van der Waals surface area contributed by atoms with E-state index < -0.39 is 0 Å². The molecule has 2 nitrogen and oxygen atoms in total. The fourth-order valence-electron chi connectivity index (χ4n) is 2.02. The van der Waals surface area contributed by atoms with Crippen LogP contribution in [-0.2, 0) is 13.0 Å². The van der Waals surface area contributed by atoms with Crippen LogP contribution in [0.1, 0.15) is 31.6 Å². The van der Waals surface area contributed by atoms with Crippen molar-refractivity contribution in [3.63, 3.8) is 0 Å². The van der Waals surface area contributed by atoms with E-state index in [9.17, 15) is 0 Å². The zero-order chi connectivity index (χ0) is 11.4. The second-order valence-corrected chi connectivity index (χ2v) is 4.03. The van der Waals surface area contributed by atoms with E-state index in [0.717, 1.165) is 37.3 Å². The van der Waals surface area contributed by atoms with E-state index in [1.54, 1.807) is 0 Å². The van der Waals surface area contributed by atoms with Crippen LogP contribution in [0.15, 0.2) is 28.7 Å². The quantitative estimate of drug-likeness (QED) is 0.775. The van der Waals surface area contributed by atoms with E-state index >= 15 is 0 Å². The Balaban J connectivity index is 2.32. The van der Waals surface area contributed by atoms with E-state index in [4.69, 9.17) is 4.42 Å². The molecule has 0 amide bonds. The molecule has 2 heteroatoms. The zero-order valence-electron chi connectivity index (χ0n) is 10.0. The number of hydrogen-bond acceptors (Lipinski definition) is 2. The van der Waals surface area contributed by atoms with Gasteiger partial charge in [0.2, 0.25) is 0 Å². The average molecular weight is 217 g/mol. The molecule has 0 bridgehead atoms. The van der Waals surface area contributed by atoms with E-state index in [-0.39, 0.29) is 0 Å². The fraction of sp³-hybridized carbons (Fsp3) is 0.429. The van der Waals surface area contributed by atoms with Gasteiger partial charge in [0.1, 0.15) is 11.3 Å². The topological polar surface area (TPSA) is 25.2 Å². The van der Waals surface area contributed by atoms with Crippen molar-refractivity contribution in [1.29, 1.82) is 0 Å². The van der Waals surface area contributed by atoms with Gasteiger partial charge in [-0.1, -0.05) is 32.0 Å². The Kier molecular flexibility index (Phi) is 3.62. The maximum absolute atomic E-state index is 5.84. The molecule has 0 aliphatic heterocycles. The molecular formula is C14H19NO. The second-order valence-electron chi connectivity index (χ2n) is 4.03. The van der Waals surface area contributed by atoms with Crippen LogP contribution in [-0.4, -0.2) is 6.54 Å². The molecular weight excluding hydrogens is 198 g/mol. The number of benzene rings is 1. The van der Waals surface area contributed by atoms with Crippen molar-refractivity contribution in [2.24, 2.45) is 0 Å². The van der Waals surface area contributed by atoms with E-state index in [2.05, 4.69) is 31.3 Å². The van der Waals surface area contributed by atoms with Crippen molar-refractivity contribution in [3.05, 3.63) is 35.6 Å². The minimum absolute atomic E-state index is 0.911. The van der Waals surface area contributed by atoms with Gasteiger partial charge >= 0.3 is 0 Å². The van der Waals surface area contributed by atoms with Gasteiger partial charge in [-0.15, -0.1) is 0 Å². The average Bonchev–Trinajstić information content (AvgIpc) is 2.68. The zero-order valence-corrected chi connectivity index (χ0v) is 10.0. The highest BCUT2D eigenvalue weighted by Crippen LogP contribution is 2.25. The predicted molar refractivity (Wildman–Crippen MR) is 67.6 cm³/mol. The van der Waals surface area contributed by atoms with Crippen LogP contribution in [0.5, 0.6) is 0 Å². The summed E-state index contributed by atoms with van der Waals surface area (Å²) < 4.78 is 5.84.